The molecular formula is C12H21ClN6. The molecule has 2 rings (SSSR count). The fourth-order valence-corrected chi connectivity index (χ4v) is 2.39. The quantitative estimate of drug-likeness (QED) is 0.811. The highest BCUT2D eigenvalue weighted by atomic mass is 35.5. The van der Waals surface area contributed by atoms with Crippen LogP contribution in [-0.4, -0.2) is 66.2 Å². The minimum Gasteiger partial charge on any atom is -0.347 e. The summed E-state index contributed by atoms with van der Waals surface area (Å²) in [5, 5.41) is 0.243. The molecule has 2 unspecified atom stereocenters. The lowest BCUT2D eigenvalue weighted by Crippen LogP contribution is -2.55. The third-order valence-corrected chi connectivity index (χ3v) is 3.80. The maximum atomic E-state index is 5.99. The maximum absolute atomic E-state index is 5.99. The summed E-state index contributed by atoms with van der Waals surface area (Å²) in [4.78, 5) is 19.2. The highest BCUT2D eigenvalue weighted by Gasteiger charge is 2.28. The van der Waals surface area contributed by atoms with Crippen molar-refractivity contribution in [1.29, 1.82) is 0 Å². The van der Waals surface area contributed by atoms with Crippen LogP contribution in [0.5, 0.6) is 0 Å². The molecule has 106 valence electrons. The minimum atomic E-state index is 0.243. The van der Waals surface area contributed by atoms with Crippen LogP contribution in [0.25, 0.3) is 0 Å². The first kappa shape index (κ1) is 14.3. The summed E-state index contributed by atoms with van der Waals surface area (Å²) < 4.78 is 0. The van der Waals surface area contributed by atoms with Crippen molar-refractivity contribution in [3.8, 4) is 0 Å². The Morgan fingerprint density at radius 1 is 1.11 bits per heavy atom. The van der Waals surface area contributed by atoms with E-state index < -0.39 is 0 Å². The van der Waals surface area contributed by atoms with Crippen molar-refractivity contribution >= 4 is 23.5 Å². The van der Waals surface area contributed by atoms with E-state index in [1.54, 1.807) is 0 Å². The van der Waals surface area contributed by atoms with E-state index in [0.29, 0.717) is 24.0 Å². The van der Waals surface area contributed by atoms with Crippen molar-refractivity contribution in [3.63, 3.8) is 0 Å². The van der Waals surface area contributed by atoms with Gasteiger partial charge >= 0.3 is 0 Å². The van der Waals surface area contributed by atoms with Crippen LogP contribution in [0, 0.1) is 0 Å². The Morgan fingerprint density at radius 3 is 2.21 bits per heavy atom. The van der Waals surface area contributed by atoms with Gasteiger partial charge in [-0.05, 0) is 32.5 Å². The average molecular weight is 285 g/mol. The highest BCUT2D eigenvalue weighted by molar-refractivity contribution is 6.28. The monoisotopic (exact) mass is 284 g/mol. The summed E-state index contributed by atoms with van der Waals surface area (Å²) >= 11 is 5.99. The Hall–Kier alpha value is -1.14. The molecule has 0 spiro atoms. The van der Waals surface area contributed by atoms with Gasteiger partial charge in [0.15, 0.2) is 0 Å². The highest BCUT2D eigenvalue weighted by Crippen LogP contribution is 2.20. The number of halogens is 1. The number of piperazine rings is 1. The Labute approximate surface area is 119 Å². The molecule has 0 saturated carbocycles. The van der Waals surface area contributed by atoms with Crippen molar-refractivity contribution in [1.82, 2.24) is 19.9 Å². The van der Waals surface area contributed by atoms with Crippen LogP contribution in [0.1, 0.15) is 13.8 Å². The second-order valence-corrected chi connectivity index (χ2v) is 5.71. The fourth-order valence-electron chi connectivity index (χ4n) is 2.24. The van der Waals surface area contributed by atoms with Gasteiger partial charge in [-0.25, -0.2) is 0 Å². The summed E-state index contributed by atoms with van der Waals surface area (Å²) in [5.74, 6) is 1.25. The minimum absolute atomic E-state index is 0.243. The molecule has 1 aromatic heterocycles. The van der Waals surface area contributed by atoms with Gasteiger partial charge in [0, 0.05) is 39.3 Å². The zero-order valence-corrected chi connectivity index (χ0v) is 12.9. The molecule has 1 aromatic rings. The molecule has 0 amide bonds. The second-order valence-electron chi connectivity index (χ2n) is 5.37. The molecule has 1 aliphatic heterocycles. The summed E-state index contributed by atoms with van der Waals surface area (Å²) in [6, 6.07) is 0.921. The number of aromatic nitrogens is 3. The van der Waals surface area contributed by atoms with Crippen molar-refractivity contribution in [2.24, 2.45) is 0 Å². The molecule has 1 saturated heterocycles. The van der Waals surface area contributed by atoms with E-state index in [4.69, 9.17) is 11.6 Å². The molecule has 1 aliphatic rings. The largest absolute Gasteiger partial charge is 0.347 e. The predicted octanol–water partition coefficient (Wildman–Crippen LogP) is 1.12. The van der Waals surface area contributed by atoms with Crippen LogP contribution >= 0.6 is 11.6 Å². The Bertz CT molecular complexity index is 440. The standard InChI is InChI=1S/C12H21ClN6/c1-8-6-19(7-9(2)18(8)5)12-15-10(13)14-11(16-12)17(3)4/h8-9H,6-7H2,1-5H3. The van der Waals surface area contributed by atoms with E-state index in [0.717, 1.165) is 13.1 Å². The molecule has 0 aromatic carbocycles. The van der Waals surface area contributed by atoms with Crippen LogP contribution in [0.3, 0.4) is 0 Å². The summed E-state index contributed by atoms with van der Waals surface area (Å²) in [6.45, 7) is 6.21. The van der Waals surface area contributed by atoms with Crippen LogP contribution in [0.2, 0.25) is 5.28 Å². The van der Waals surface area contributed by atoms with Gasteiger partial charge in [-0.3, -0.25) is 4.90 Å². The van der Waals surface area contributed by atoms with Crippen LogP contribution in [0.4, 0.5) is 11.9 Å². The fraction of sp³-hybridized carbons (Fsp3) is 0.750. The molecule has 2 heterocycles. The molecule has 2 atom stereocenters. The van der Waals surface area contributed by atoms with Gasteiger partial charge in [-0.2, -0.15) is 15.0 Å². The van der Waals surface area contributed by atoms with Crippen LogP contribution in [0.15, 0.2) is 0 Å². The molecule has 19 heavy (non-hydrogen) atoms. The van der Waals surface area contributed by atoms with Crippen LogP contribution in [-0.2, 0) is 0 Å². The molecule has 0 aliphatic carbocycles. The third kappa shape index (κ3) is 3.06. The summed E-state index contributed by atoms with van der Waals surface area (Å²) in [5.41, 5.74) is 0. The van der Waals surface area contributed by atoms with E-state index >= 15 is 0 Å². The summed E-state index contributed by atoms with van der Waals surface area (Å²) in [6.07, 6.45) is 0. The lowest BCUT2D eigenvalue weighted by atomic mass is 10.1. The molecule has 0 radical (unpaired) electrons. The van der Waals surface area contributed by atoms with Gasteiger partial charge in [-0.1, -0.05) is 0 Å². The average Bonchev–Trinajstić information content (AvgIpc) is 2.34. The van der Waals surface area contributed by atoms with Gasteiger partial charge in [-0.15, -0.1) is 0 Å². The summed E-state index contributed by atoms with van der Waals surface area (Å²) in [7, 11) is 5.94. The number of nitrogens with zero attached hydrogens (tertiary/aromatic N) is 6. The van der Waals surface area contributed by atoms with Crippen molar-refractivity contribution in [2.75, 3.05) is 44.0 Å². The van der Waals surface area contributed by atoms with E-state index in [1.165, 1.54) is 0 Å². The maximum Gasteiger partial charge on any atom is 0.231 e. The van der Waals surface area contributed by atoms with E-state index in [-0.39, 0.29) is 5.28 Å². The number of rotatable bonds is 2. The predicted molar refractivity (Wildman–Crippen MR) is 78.1 cm³/mol. The first-order valence-electron chi connectivity index (χ1n) is 6.44. The molecule has 6 nitrogen and oxygen atoms in total. The number of hydrogen-bond acceptors (Lipinski definition) is 6. The first-order chi connectivity index (χ1) is 8.88. The van der Waals surface area contributed by atoms with Crippen molar-refractivity contribution in [2.45, 2.75) is 25.9 Å². The smallest absolute Gasteiger partial charge is 0.231 e. The molecule has 7 heteroatoms. The van der Waals surface area contributed by atoms with E-state index in [9.17, 15) is 0 Å². The third-order valence-electron chi connectivity index (χ3n) is 3.63. The zero-order chi connectivity index (χ0) is 14.2. The topological polar surface area (TPSA) is 48.4 Å². The van der Waals surface area contributed by atoms with Gasteiger partial charge in [0.1, 0.15) is 0 Å². The zero-order valence-electron chi connectivity index (χ0n) is 12.1. The Morgan fingerprint density at radius 2 is 1.68 bits per heavy atom. The molecule has 0 bridgehead atoms. The lowest BCUT2D eigenvalue weighted by molar-refractivity contribution is 0.169. The Balaban J connectivity index is 2.26. The van der Waals surface area contributed by atoms with E-state index in [2.05, 4.69) is 45.6 Å². The molecule has 0 N–H and O–H groups in total. The van der Waals surface area contributed by atoms with Gasteiger partial charge < -0.3 is 9.80 Å². The lowest BCUT2D eigenvalue weighted by Gasteiger charge is -2.42. The Kier molecular flexibility index (Phi) is 4.10. The van der Waals surface area contributed by atoms with E-state index in [1.807, 2.05) is 19.0 Å². The molecular weight excluding hydrogens is 264 g/mol. The van der Waals surface area contributed by atoms with Gasteiger partial charge in [0.2, 0.25) is 17.2 Å². The number of likely N-dealkylation sites (N-methyl/N-ethyl adjacent to an activating group) is 1. The SMILES string of the molecule is CC1CN(c2nc(Cl)nc(N(C)C)n2)CC(C)N1C. The van der Waals surface area contributed by atoms with Crippen molar-refractivity contribution in [3.05, 3.63) is 5.28 Å². The van der Waals surface area contributed by atoms with Gasteiger partial charge in [0.25, 0.3) is 0 Å². The van der Waals surface area contributed by atoms with Gasteiger partial charge in [0.05, 0.1) is 0 Å². The molecule has 1 fully saturated rings. The number of hydrogen-bond donors (Lipinski definition) is 0. The first-order valence-corrected chi connectivity index (χ1v) is 6.82. The van der Waals surface area contributed by atoms with Crippen molar-refractivity contribution < 1.29 is 0 Å². The normalized spacial score (nSPS) is 24.6. The number of anilines is 2. The van der Waals surface area contributed by atoms with Crippen LogP contribution < -0.4 is 9.80 Å². The second kappa shape index (κ2) is 5.46.